The molecule has 0 heterocycles. The fourth-order valence-electron chi connectivity index (χ4n) is 5.19. The highest BCUT2D eigenvalue weighted by molar-refractivity contribution is 5.67. The second-order valence-corrected chi connectivity index (χ2v) is 18.1. The van der Waals surface area contributed by atoms with Gasteiger partial charge in [-0.25, -0.2) is 29.1 Å². The van der Waals surface area contributed by atoms with Gasteiger partial charge in [-0.05, 0) is 127 Å². The molecule has 0 aliphatic rings. The summed E-state index contributed by atoms with van der Waals surface area (Å²) in [6.07, 6.45) is 9.45. The Bertz CT molecular complexity index is 1230. The van der Waals surface area contributed by atoms with Crippen LogP contribution in [-0.2, 0) is 90.7 Å². The molecule has 29 nitrogen and oxygen atoms in total. The second kappa shape index (κ2) is 246. The summed E-state index contributed by atoms with van der Waals surface area (Å²) in [5, 5.41) is 41.1. The zero-order valence-corrected chi connectivity index (χ0v) is 61.3. The normalized spacial score (nSPS) is 8.64. The minimum atomic E-state index is -0.465. The van der Waals surface area contributed by atoms with Crippen LogP contribution in [-0.4, -0.2) is 257 Å². The van der Waals surface area contributed by atoms with Crippen LogP contribution in [0, 0.1) is 0 Å². The van der Waals surface area contributed by atoms with E-state index in [-0.39, 0.29) is 237 Å². The summed E-state index contributed by atoms with van der Waals surface area (Å²) in [5.41, 5.74) is 0. The van der Waals surface area contributed by atoms with Crippen molar-refractivity contribution in [2.24, 2.45) is 0 Å². The third kappa shape index (κ3) is 306. The van der Waals surface area contributed by atoms with Crippen molar-refractivity contribution in [1.29, 1.82) is 0 Å². The molecule has 0 aliphatic carbocycles. The van der Waals surface area contributed by atoms with Crippen molar-refractivity contribution in [3.63, 3.8) is 0 Å². The van der Waals surface area contributed by atoms with Crippen molar-refractivity contribution >= 4 is 18.3 Å². The fourth-order valence-corrected chi connectivity index (χ4v) is 5.19. The van der Waals surface area contributed by atoms with Gasteiger partial charge in [0.1, 0.15) is 33.5 Å². The molecule has 0 aromatic heterocycles. The number of aliphatic hydroxyl groups is 3. The third-order valence-electron chi connectivity index (χ3n) is 9.98. The number of nitrogens with one attached hydrogen (secondary N) is 5. The molecular weight excluding hydrogens is 1520 g/mol. The number of carbonyl (C=O) groups is 2. The summed E-state index contributed by atoms with van der Waals surface area (Å²) in [4.78, 5) is 57.0. The first-order valence-electron chi connectivity index (χ1n) is 34.0. The van der Waals surface area contributed by atoms with Gasteiger partial charge in [0.2, 0.25) is 0 Å². The highest BCUT2D eigenvalue weighted by Gasteiger charge is 2.03. The van der Waals surface area contributed by atoms with Crippen molar-refractivity contribution in [2.45, 2.75) is 385 Å². The van der Waals surface area contributed by atoms with Crippen LogP contribution in [0.3, 0.4) is 0 Å². The molecule has 768 valence electrons. The van der Waals surface area contributed by atoms with Gasteiger partial charge in [0.25, 0.3) is 0 Å². The smallest absolute Gasteiger partial charge is 0.408 e. The SMILES string of the molecule is C.C.C.C.C.C.C.C.C.C.C.C.C.C.C.C.C.C.C.C.C.C.C.C.C.CCCCC(O)COCC.CCCOC(=O)NCNCOOCCOCC.CCCOCC.CCCOCCOCOCC.CCNCCOCC.CCOCCCCC(O)CC.CCOCCOCC(O)CC.CCOCCOOCNCNC(=O)OCC.O=C=O. The average Bonchev–Trinajstić information content (AvgIpc) is 1.09. The van der Waals surface area contributed by atoms with Gasteiger partial charge in [-0.2, -0.15) is 9.59 Å². The number of unbranched alkanes of at least 4 members (excludes halogenated alkanes) is 2. The molecule has 8 N–H and O–H groups in total. The van der Waals surface area contributed by atoms with E-state index in [0.717, 1.165) is 137 Å². The summed E-state index contributed by atoms with van der Waals surface area (Å²) in [5.74, 6) is 0. The van der Waals surface area contributed by atoms with Crippen molar-refractivity contribution < 1.29 is 116 Å². The molecule has 29 heteroatoms. The summed E-state index contributed by atoms with van der Waals surface area (Å²) in [7, 11) is 0. The van der Waals surface area contributed by atoms with Gasteiger partial charge in [0.15, 0.2) is 0 Å². The van der Waals surface area contributed by atoms with Crippen LogP contribution in [0.2, 0.25) is 0 Å². The molecule has 0 aliphatic heterocycles. The zero-order valence-electron chi connectivity index (χ0n) is 61.3. The number of ether oxygens (including phenoxy) is 13. The van der Waals surface area contributed by atoms with E-state index in [2.05, 4.69) is 59.0 Å². The minimum absolute atomic E-state index is 0. The first-order chi connectivity index (χ1) is 45.2. The second-order valence-electron chi connectivity index (χ2n) is 18.1. The number of hydrogen-bond acceptors (Lipinski definition) is 27. The van der Waals surface area contributed by atoms with Crippen molar-refractivity contribution in [3.05, 3.63) is 0 Å². The number of rotatable bonds is 57. The first-order valence-corrected chi connectivity index (χ1v) is 34.0. The monoisotopic (exact) mass is 1770 g/mol. The molecule has 0 saturated carbocycles. The van der Waals surface area contributed by atoms with Gasteiger partial charge in [0, 0.05) is 79.2 Å². The molecule has 0 fully saturated rings. The maximum absolute atomic E-state index is 10.9. The molecule has 0 radical (unpaired) electrons. The van der Waals surface area contributed by atoms with Gasteiger partial charge < -0.3 is 92.8 Å². The van der Waals surface area contributed by atoms with E-state index >= 15 is 0 Å². The van der Waals surface area contributed by atoms with Crippen LogP contribution in [0.1, 0.15) is 367 Å². The highest BCUT2D eigenvalue weighted by atomic mass is 17.2. The first kappa shape index (κ1) is 228. The van der Waals surface area contributed by atoms with Crippen LogP contribution in [0.25, 0.3) is 0 Å². The van der Waals surface area contributed by atoms with Gasteiger partial charge in [0.05, 0.1) is 104 Å². The molecule has 0 rings (SSSR count). The third-order valence-corrected chi connectivity index (χ3v) is 9.98. The average molecular weight is 1770 g/mol. The molecular formula is C89H243N5O24. The lowest BCUT2D eigenvalue weighted by atomic mass is 10.1. The lowest BCUT2D eigenvalue weighted by molar-refractivity contribution is -0.303. The van der Waals surface area contributed by atoms with Crippen LogP contribution in [0.15, 0.2) is 0 Å². The standard InChI is InChI=1S/C10H22N2O5.C9H20N2O5.C9H20O2.2C8H18O3.C8H18O2.C6H15NO.C5H12O.CO2.25CH4/c1-3-5-15-10(13)12-8-11-9-17-16-7-6-14-4-2;1-3-13-5-6-15-16-8-10-7-11-9(12)14-4-2;1-3-9(10)7-5-6-8-11-4-2;1-3-8(9)7-11-6-5-10-4-2;1-3-5-10-6-7-11-8-9-4-2;1-3-5-6-8(9)7-10-4-2;1-3-7-5-6-8-4-2;1-3-5-6-4-2;2-1-3;;;;;;;;;;;;;;;;;;;;;;;;;/h11H,3-9H2,1-2H3,(H,12,13);10H,3-8H2,1-2H3,(H,11,12);9-10H,3-8H2,1-2H3;8-9H,3-7H2,1-2H3;3-8H2,1-2H3;8-9H,3-7H2,1-2H3;7H,3-6H2,1-2H3;3-5H2,1-2H3;;25*1H4. The van der Waals surface area contributed by atoms with E-state index in [4.69, 9.17) is 91.1 Å². The Balaban J connectivity index is -0.0000000209. The summed E-state index contributed by atoms with van der Waals surface area (Å²) >= 11 is 0. The van der Waals surface area contributed by atoms with Crippen LogP contribution >= 0.6 is 0 Å². The van der Waals surface area contributed by atoms with Gasteiger partial charge >= 0.3 is 18.3 Å². The fraction of sp³-hybridized carbons (Fsp3) is 0.966. The summed E-state index contributed by atoms with van der Waals surface area (Å²) in [6, 6.07) is 0. The molecule has 0 spiro atoms. The molecule has 118 heavy (non-hydrogen) atoms. The maximum atomic E-state index is 10.9. The minimum Gasteiger partial charge on any atom is -0.450 e. The van der Waals surface area contributed by atoms with E-state index in [1.807, 2.05) is 76.2 Å². The lowest BCUT2D eigenvalue weighted by Gasteiger charge is -2.08. The van der Waals surface area contributed by atoms with Gasteiger partial charge in [-0.1, -0.05) is 247 Å². The quantitative estimate of drug-likeness (QED) is 0.0121. The topological polar surface area (TPSA) is 346 Å². The van der Waals surface area contributed by atoms with Crippen molar-refractivity contribution in [2.75, 3.05) is 205 Å². The number of aliphatic hydroxyl groups excluding tert-OH is 3. The molecule has 0 saturated heterocycles. The summed E-state index contributed by atoms with van der Waals surface area (Å²) in [6.45, 7) is 50.2. The van der Waals surface area contributed by atoms with Crippen molar-refractivity contribution in [1.82, 2.24) is 26.6 Å². The Morgan fingerprint density at radius 2 is 0.610 bits per heavy atom. The molecule has 3 atom stereocenters. The molecule has 2 amide bonds. The Kier molecular flexibility index (Phi) is 474. The van der Waals surface area contributed by atoms with E-state index < -0.39 is 12.2 Å². The molecule has 0 aromatic rings. The molecule has 0 bridgehead atoms. The number of hydrogen-bond donors (Lipinski definition) is 8. The van der Waals surface area contributed by atoms with E-state index in [1.165, 1.54) is 0 Å². The van der Waals surface area contributed by atoms with Crippen molar-refractivity contribution in [3.8, 4) is 0 Å². The van der Waals surface area contributed by atoms with Crippen LogP contribution < -0.4 is 26.6 Å². The van der Waals surface area contributed by atoms with Gasteiger partial charge in [-0.15, -0.1) is 0 Å². The zero-order chi connectivity index (χ0) is 71.8. The lowest BCUT2D eigenvalue weighted by Crippen LogP contribution is -2.35. The summed E-state index contributed by atoms with van der Waals surface area (Å²) < 4.78 is 65.1. The predicted molar refractivity (Wildman–Crippen MR) is 529 cm³/mol. The predicted octanol–water partition coefficient (Wildman–Crippen LogP) is 24.0. The highest BCUT2D eigenvalue weighted by Crippen LogP contribution is 2.04. The maximum Gasteiger partial charge on any atom is 0.408 e. The Hall–Kier alpha value is -2.92. The van der Waals surface area contributed by atoms with Crippen LogP contribution in [0.4, 0.5) is 9.59 Å². The Morgan fingerprint density at radius 1 is 0.288 bits per heavy atom. The van der Waals surface area contributed by atoms with Gasteiger partial charge in [-0.3, -0.25) is 10.6 Å². The number of carbonyl (C=O) groups excluding carboxylic acids is 4. The van der Waals surface area contributed by atoms with Crippen LogP contribution in [0.5, 0.6) is 0 Å². The molecule has 0 aromatic carbocycles. The Morgan fingerprint density at radius 3 is 0.966 bits per heavy atom. The van der Waals surface area contributed by atoms with E-state index in [9.17, 15) is 19.8 Å². The number of likely N-dealkylation sites (N-methyl/N-ethyl adjacent to an activating group) is 1. The van der Waals surface area contributed by atoms with E-state index in [1.54, 1.807) is 6.92 Å². The molecule has 3 unspecified atom stereocenters. The largest absolute Gasteiger partial charge is 0.450 e. The Labute approximate surface area is 748 Å². The van der Waals surface area contributed by atoms with E-state index in [0.29, 0.717) is 113 Å². The number of alkyl carbamates (subject to hydrolysis) is 2. The number of amides is 2.